The van der Waals surface area contributed by atoms with Crippen molar-refractivity contribution in [2.24, 2.45) is 11.8 Å². The van der Waals surface area contributed by atoms with Crippen LogP contribution in [0.4, 0.5) is 5.69 Å². The highest BCUT2D eigenvalue weighted by Gasteiger charge is 2.27. The zero-order valence-electron chi connectivity index (χ0n) is 9.96. The summed E-state index contributed by atoms with van der Waals surface area (Å²) in [4.78, 5) is 0. The van der Waals surface area contributed by atoms with Crippen LogP contribution in [-0.2, 0) is 0 Å². The van der Waals surface area contributed by atoms with Gasteiger partial charge in [-0.25, -0.2) is 0 Å². The minimum Gasteiger partial charge on any atom is -0.383 e. The first-order valence-electron chi connectivity index (χ1n) is 5.96. The normalized spacial score (nSPS) is 16.6. The van der Waals surface area contributed by atoms with E-state index in [9.17, 15) is 0 Å². The van der Waals surface area contributed by atoms with Gasteiger partial charge in [-0.15, -0.1) is 0 Å². The second-order valence-corrected chi connectivity index (χ2v) is 4.80. The number of nitriles is 1. The van der Waals surface area contributed by atoms with E-state index in [2.05, 4.69) is 18.3 Å². The van der Waals surface area contributed by atoms with Crippen LogP contribution in [0, 0.1) is 30.1 Å². The molecular formula is C14H18N2. The lowest BCUT2D eigenvalue weighted by atomic mass is 10.0. The van der Waals surface area contributed by atoms with Gasteiger partial charge in [-0.1, -0.05) is 19.1 Å². The van der Waals surface area contributed by atoms with Crippen molar-refractivity contribution in [2.75, 3.05) is 11.9 Å². The van der Waals surface area contributed by atoms with Gasteiger partial charge in [0, 0.05) is 6.54 Å². The Morgan fingerprint density at radius 3 is 2.88 bits per heavy atom. The third kappa shape index (κ3) is 2.36. The lowest BCUT2D eigenvalue weighted by Gasteiger charge is -2.15. The summed E-state index contributed by atoms with van der Waals surface area (Å²) in [6.07, 6.45) is 2.75. The summed E-state index contributed by atoms with van der Waals surface area (Å²) in [6, 6.07) is 8.10. The van der Waals surface area contributed by atoms with Crippen molar-refractivity contribution in [1.82, 2.24) is 0 Å². The van der Waals surface area contributed by atoms with E-state index >= 15 is 0 Å². The summed E-state index contributed by atoms with van der Waals surface area (Å²) < 4.78 is 0. The fraction of sp³-hybridized carbons (Fsp3) is 0.500. The highest BCUT2D eigenvalue weighted by atomic mass is 14.9. The Balaban J connectivity index is 2.05. The minimum absolute atomic E-state index is 0.714. The molecule has 0 spiro atoms. The molecule has 1 aliphatic rings. The Morgan fingerprint density at radius 2 is 2.25 bits per heavy atom. The molecule has 1 unspecified atom stereocenters. The molecule has 1 N–H and O–H groups in total. The Hall–Kier alpha value is -1.49. The van der Waals surface area contributed by atoms with Crippen molar-refractivity contribution in [2.45, 2.75) is 26.7 Å². The molecule has 1 aliphatic carbocycles. The molecule has 0 bridgehead atoms. The highest BCUT2D eigenvalue weighted by Crippen LogP contribution is 2.36. The second-order valence-electron chi connectivity index (χ2n) is 4.80. The van der Waals surface area contributed by atoms with Crippen molar-refractivity contribution in [1.29, 1.82) is 5.26 Å². The fourth-order valence-electron chi connectivity index (χ4n) is 2.09. The molecule has 0 amide bonds. The number of anilines is 1. The monoisotopic (exact) mass is 214 g/mol. The molecule has 2 nitrogen and oxygen atoms in total. The van der Waals surface area contributed by atoms with Gasteiger partial charge < -0.3 is 5.32 Å². The first-order valence-corrected chi connectivity index (χ1v) is 5.96. The van der Waals surface area contributed by atoms with Crippen LogP contribution < -0.4 is 5.32 Å². The number of aryl methyl sites for hydroxylation is 1. The number of para-hydroxylation sites is 1. The van der Waals surface area contributed by atoms with Crippen LogP contribution >= 0.6 is 0 Å². The van der Waals surface area contributed by atoms with E-state index in [4.69, 9.17) is 5.26 Å². The molecule has 0 radical (unpaired) electrons. The van der Waals surface area contributed by atoms with Crippen molar-refractivity contribution in [3.63, 3.8) is 0 Å². The molecule has 2 heteroatoms. The summed E-state index contributed by atoms with van der Waals surface area (Å²) in [6.45, 7) is 5.31. The minimum atomic E-state index is 0.714. The molecule has 0 saturated heterocycles. The van der Waals surface area contributed by atoms with Crippen molar-refractivity contribution >= 4 is 5.69 Å². The molecule has 1 fully saturated rings. The van der Waals surface area contributed by atoms with Gasteiger partial charge in [0.25, 0.3) is 0 Å². The molecule has 1 aromatic carbocycles. The summed E-state index contributed by atoms with van der Waals surface area (Å²) in [5.41, 5.74) is 2.92. The largest absolute Gasteiger partial charge is 0.383 e. The maximum atomic E-state index is 9.04. The van der Waals surface area contributed by atoms with E-state index in [1.807, 2.05) is 25.1 Å². The number of nitrogens with zero attached hydrogens (tertiary/aromatic N) is 1. The van der Waals surface area contributed by atoms with E-state index in [1.165, 1.54) is 12.8 Å². The highest BCUT2D eigenvalue weighted by molar-refractivity contribution is 5.62. The summed E-state index contributed by atoms with van der Waals surface area (Å²) in [5, 5.41) is 12.5. The Morgan fingerprint density at radius 1 is 1.50 bits per heavy atom. The average molecular weight is 214 g/mol. The topological polar surface area (TPSA) is 35.8 Å². The van der Waals surface area contributed by atoms with Gasteiger partial charge in [0.05, 0.1) is 11.3 Å². The third-order valence-corrected chi connectivity index (χ3v) is 3.42. The van der Waals surface area contributed by atoms with E-state index in [0.29, 0.717) is 5.92 Å². The van der Waals surface area contributed by atoms with Crippen molar-refractivity contribution < 1.29 is 0 Å². The van der Waals surface area contributed by atoms with Gasteiger partial charge in [0.1, 0.15) is 6.07 Å². The predicted octanol–water partition coefficient (Wildman–Crippen LogP) is 3.32. The average Bonchev–Trinajstić information content (AvgIpc) is 3.10. The predicted molar refractivity (Wildman–Crippen MR) is 66.3 cm³/mol. The molecule has 84 valence electrons. The molecule has 1 atom stereocenters. The summed E-state index contributed by atoms with van der Waals surface area (Å²) in [7, 11) is 0. The number of hydrogen-bond acceptors (Lipinski definition) is 2. The van der Waals surface area contributed by atoms with Crippen LogP contribution in [0.25, 0.3) is 0 Å². The van der Waals surface area contributed by atoms with E-state index in [1.54, 1.807) is 0 Å². The maximum Gasteiger partial charge on any atom is 0.101 e. The van der Waals surface area contributed by atoms with Crippen LogP contribution in [0.2, 0.25) is 0 Å². The molecule has 0 aliphatic heterocycles. The zero-order valence-corrected chi connectivity index (χ0v) is 9.96. The number of nitrogens with one attached hydrogen (secondary N) is 1. The van der Waals surface area contributed by atoms with Gasteiger partial charge in [0.2, 0.25) is 0 Å². The summed E-state index contributed by atoms with van der Waals surface area (Å²) >= 11 is 0. The van der Waals surface area contributed by atoms with Crippen molar-refractivity contribution in [3.05, 3.63) is 29.3 Å². The van der Waals surface area contributed by atoms with Gasteiger partial charge in [-0.2, -0.15) is 5.26 Å². The molecule has 16 heavy (non-hydrogen) atoms. The van der Waals surface area contributed by atoms with Crippen LogP contribution in [0.1, 0.15) is 30.9 Å². The van der Waals surface area contributed by atoms with Crippen molar-refractivity contribution in [3.8, 4) is 6.07 Å². The lowest BCUT2D eigenvalue weighted by Crippen LogP contribution is -2.14. The number of hydrogen-bond donors (Lipinski definition) is 1. The van der Waals surface area contributed by atoms with Gasteiger partial charge >= 0.3 is 0 Å². The number of benzene rings is 1. The van der Waals surface area contributed by atoms with Crippen LogP contribution in [0.3, 0.4) is 0 Å². The molecule has 1 saturated carbocycles. The standard InChI is InChI=1S/C14H18N2/c1-10-4-3-5-13(8-15)14(10)16-9-11(2)12-6-7-12/h3-5,11-12,16H,6-7,9H2,1-2H3. The zero-order chi connectivity index (χ0) is 11.5. The van der Waals surface area contributed by atoms with Crippen LogP contribution in [0.5, 0.6) is 0 Å². The molecule has 2 rings (SSSR count). The third-order valence-electron chi connectivity index (χ3n) is 3.42. The fourth-order valence-corrected chi connectivity index (χ4v) is 2.09. The van der Waals surface area contributed by atoms with Gasteiger partial charge in [0.15, 0.2) is 0 Å². The van der Waals surface area contributed by atoms with E-state index in [-0.39, 0.29) is 0 Å². The van der Waals surface area contributed by atoms with E-state index < -0.39 is 0 Å². The Labute approximate surface area is 97.3 Å². The summed E-state index contributed by atoms with van der Waals surface area (Å²) in [5.74, 6) is 1.62. The number of rotatable bonds is 4. The Kier molecular flexibility index (Phi) is 3.14. The molecule has 0 aromatic heterocycles. The molecule has 1 aromatic rings. The Bertz CT molecular complexity index is 413. The van der Waals surface area contributed by atoms with Crippen LogP contribution in [0.15, 0.2) is 18.2 Å². The molecule has 0 heterocycles. The SMILES string of the molecule is Cc1cccc(C#N)c1NCC(C)C1CC1. The maximum absolute atomic E-state index is 9.04. The van der Waals surface area contributed by atoms with Gasteiger partial charge in [-0.05, 0) is 43.2 Å². The second kappa shape index (κ2) is 4.57. The van der Waals surface area contributed by atoms with Crippen LogP contribution in [-0.4, -0.2) is 6.54 Å². The first kappa shape index (κ1) is 11.0. The smallest absolute Gasteiger partial charge is 0.101 e. The van der Waals surface area contributed by atoms with E-state index in [0.717, 1.165) is 29.3 Å². The molecular weight excluding hydrogens is 196 g/mol. The quantitative estimate of drug-likeness (QED) is 0.834. The van der Waals surface area contributed by atoms with Gasteiger partial charge in [-0.3, -0.25) is 0 Å². The lowest BCUT2D eigenvalue weighted by molar-refractivity contribution is 0.536. The first-order chi connectivity index (χ1) is 7.72.